The number of hydrogen-bond acceptors (Lipinski definition) is 5. The minimum Gasteiger partial charge on any atom is -0.342 e. The number of carbonyl (C=O) groups excluding carboxylic acids is 2. The number of piperidine rings is 2. The minimum atomic E-state index is -0.0157. The topological polar surface area (TPSA) is 79.3 Å². The molecular formula is C22H27N5O2. The number of nitrogens with zero attached hydrogens (tertiary/aromatic N) is 5. The van der Waals surface area contributed by atoms with Crippen LogP contribution in [0.3, 0.4) is 0 Å². The Kier molecular flexibility index (Phi) is 5.56. The van der Waals surface area contributed by atoms with Gasteiger partial charge < -0.3 is 9.80 Å². The third kappa shape index (κ3) is 4.60. The van der Waals surface area contributed by atoms with Crippen molar-refractivity contribution in [2.45, 2.75) is 45.6 Å². The van der Waals surface area contributed by atoms with Gasteiger partial charge in [-0.05, 0) is 43.9 Å². The first-order valence-electron chi connectivity index (χ1n) is 10.3. The van der Waals surface area contributed by atoms with Gasteiger partial charge in [0.25, 0.3) is 0 Å². The summed E-state index contributed by atoms with van der Waals surface area (Å²) >= 11 is 0. The highest BCUT2D eigenvalue weighted by molar-refractivity contribution is 5.79. The highest BCUT2D eigenvalue weighted by Crippen LogP contribution is 2.39. The van der Waals surface area contributed by atoms with Crippen molar-refractivity contribution in [3.8, 4) is 0 Å². The van der Waals surface area contributed by atoms with Gasteiger partial charge in [-0.3, -0.25) is 24.5 Å². The number of aromatic nitrogens is 3. The molecule has 2 aliphatic rings. The second-order valence-corrected chi connectivity index (χ2v) is 8.35. The van der Waals surface area contributed by atoms with E-state index in [9.17, 15) is 9.59 Å². The number of pyridine rings is 1. The van der Waals surface area contributed by atoms with Gasteiger partial charge in [0.05, 0.1) is 30.6 Å². The normalized spacial score (nSPS) is 22.2. The van der Waals surface area contributed by atoms with E-state index >= 15 is 0 Å². The summed E-state index contributed by atoms with van der Waals surface area (Å²) in [6.07, 6.45) is 10.7. The molecule has 2 amide bonds. The fourth-order valence-electron chi connectivity index (χ4n) is 4.48. The Bertz CT molecular complexity index is 871. The standard InChI is InChI=1S/C22H27N5O2/c1-17-12-25-19(13-24-17)14-27-16-22(7-3-20(27)28)6-2-10-26(15-22)21(29)11-18-4-8-23-9-5-18/h4-5,8-9,12-13H,2-3,6-7,10-11,14-16H2,1H3/t22-/m1/s1. The molecule has 0 saturated carbocycles. The number of aryl methyl sites for hydroxylation is 1. The van der Waals surface area contributed by atoms with Crippen molar-refractivity contribution in [2.24, 2.45) is 5.41 Å². The molecule has 0 N–H and O–H groups in total. The van der Waals surface area contributed by atoms with Gasteiger partial charge >= 0.3 is 0 Å². The van der Waals surface area contributed by atoms with Crippen LogP contribution >= 0.6 is 0 Å². The van der Waals surface area contributed by atoms with Crippen LogP contribution in [-0.4, -0.2) is 56.2 Å². The molecule has 2 saturated heterocycles. The molecular weight excluding hydrogens is 366 g/mol. The van der Waals surface area contributed by atoms with Gasteiger partial charge in [-0.15, -0.1) is 0 Å². The average molecular weight is 393 g/mol. The molecule has 2 aliphatic heterocycles. The molecule has 0 bridgehead atoms. The van der Waals surface area contributed by atoms with Gasteiger partial charge in [-0.25, -0.2) is 0 Å². The molecule has 4 rings (SSSR count). The van der Waals surface area contributed by atoms with E-state index in [0.717, 1.165) is 49.3 Å². The maximum atomic E-state index is 12.9. The van der Waals surface area contributed by atoms with Crippen molar-refractivity contribution in [1.29, 1.82) is 0 Å². The lowest BCUT2D eigenvalue weighted by Crippen LogP contribution is -2.55. The lowest BCUT2D eigenvalue weighted by Gasteiger charge is -2.48. The zero-order valence-corrected chi connectivity index (χ0v) is 16.9. The highest BCUT2D eigenvalue weighted by atomic mass is 16.2. The fourth-order valence-corrected chi connectivity index (χ4v) is 4.48. The van der Waals surface area contributed by atoms with Crippen LogP contribution in [0.4, 0.5) is 0 Å². The van der Waals surface area contributed by atoms with Crippen LogP contribution in [0, 0.1) is 12.3 Å². The number of hydrogen-bond donors (Lipinski definition) is 0. The quantitative estimate of drug-likeness (QED) is 0.795. The second-order valence-electron chi connectivity index (χ2n) is 8.35. The van der Waals surface area contributed by atoms with Crippen LogP contribution in [0.1, 0.15) is 42.6 Å². The lowest BCUT2D eigenvalue weighted by atomic mass is 9.73. The molecule has 7 nitrogen and oxygen atoms in total. The third-order valence-corrected chi connectivity index (χ3v) is 6.05. The summed E-state index contributed by atoms with van der Waals surface area (Å²) in [6.45, 7) is 4.58. The Balaban J connectivity index is 1.43. The van der Waals surface area contributed by atoms with Gasteiger partial charge in [0.2, 0.25) is 11.8 Å². The Morgan fingerprint density at radius 3 is 2.72 bits per heavy atom. The first-order valence-corrected chi connectivity index (χ1v) is 10.3. The van der Waals surface area contributed by atoms with Crippen molar-refractivity contribution < 1.29 is 9.59 Å². The Labute approximate surface area is 171 Å². The lowest BCUT2D eigenvalue weighted by molar-refractivity contribution is -0.143. The Hall–Kier alpha value is -2.83. The van der Waals surface area contributed by atoms with E-state index in [0.29, 0.717) is 25.9 Å². The minimum absolute atomic E-state index is 0.0157. The van der Waals surface area contributed by atoms with Crippen molar-refractivity contribution in [1.82, 2.24) is 24.8 Å². The van der Waals surface area contributed by atoms with Crippen molar-refractivity contribution in [3.63, 3.8) is 0 Å². The SMILES string of the molecule is Cc1cnc(CN2C[C@]3(CCCN(C(=O)Cc4ccncc4)C3)CCC2=O)cn1. The van der Waals surface area contributed by atoms with Crippen molar-refractivity contribution in [2.75, 3.05) is 19.6 Å². The fraction of sp³-hybridized carbons (Fsp3) is 0.500. The van der Waals surface area contributed by atoms with E-state index in [1.807, 2.05) is 28.9 Å². The van der Waals surface area contributed by atoms with Crippen LogP contribution in [0.15, 0.2) is 36.9 Å². The van der Waals surface area contributed by atoms with Crippen LogP contribution in [-0.2, 0) is 22.6 Å². The van der Waals surface area contributed by atoms with Gasteiger partial charge in [0.15, 0.2) is 0 Å². The van der Waals surface area contributed by atoms with Gasteiger partial charge in [0.1, 0.15) is 0 Å². The summed E-state index contributed by atoms with van der Waals surface area (Å²) in [5, 5.41) is 0. The number of carbonyl (C=O) groups is 2. The summed E-state index contributed by atoms with van der Waals surface area (Å²) in [5.41, 5.74) is 2.65. The molecule has 2 aromatic heterocycles. The van der Waals surface area contributed by atoms with E-state index in [-0.39, 0.29) is 17.2 Å². The van der Waals surface area contributed by atoms with Crippen LogP contribution in [0.2, 0.25) is 0 Å². The molecule has 29 heavy (non-hydrogen) atoms. The molecule has 4 heterocycles. The highest BCUT2D eigenvalue weighted by Gasteiger charge is 2.42. The molecule has 1 atom stereocenters. The second kappa shape index (κ2) is 8.27. The smallest absolute Gasteiger partial charge is 0.227 e. The molecule has 152 valence electrons. The predicted molar refractivity (Wildman–Crippen MR) is 108 cm³/mol. The van der Waals surface area contributed by atoms with Crippen LogP contribution < -0.4 is 0 Å². The largest absolute Gasteiger partial charge is 0.342 e. The van der Waals surface area contributed by atoms with E-state index in [4.69, 9.17) is 0 Å². The maximum absolute atomic E-state index is 12.9. The van der Waals surface area contributed by atoms with E-state index in [2.05, 4.69) is 15.0 Å². The average Bonchev–Trinajstić information content (AvgIpc) is 2.73. The molecule has 0 unspecified atom stereocenters. The Morgan fingerprint density at radius 2 is 1.97 bits per heavy atom. The van der Waals surface area contributed by atoms with Crippen molar-refractivity contribution >= 4 is 11.8 Å². The maximum Gasteiger partial charge on any atom is 0.227 e. The summed E-state index contributed by atoms with van der Waals surface area (Å²) in [4.78, 5) is 42.0. The zero-order valence-electron chi connectivity index (χ0n) is 16.9. The van der Waals surface area contributed by atoms with Crippen molar-refractivity contribution in [3.05, 3.63) is 53.9 Å². The third-order valence-electron chi connectivity index (χ3n) is 6.05. The summed E-state index contributed by atoms with van der Waals surface area (Å²) in [5.74, 6) is 0.321. The monoisotopic (exact) mass is 393 g/mol. The van der Waals surface area contributed by atoms with Gasteiger partial charge in [0, 0.05) is 50.1 Å². The molecule has 0 radical (unpaired) electrons. The number of rotatable bonds is 4. The molecule has 0 aromatic carbocycles. The predicted octanol–water partition coefficient (Wildman–Crippen LogP) is 2.15. The molecule has 0 aliphatic carbocycles. The number of likely N-dealkylation sites (tertiary alicyclic amines) is 2. The van der Waals surface area contributed by atoms with Gasteiger partial charge in [-0.2, -0.15) is 0 Å². The molecule has 2 aromatic rings. The number of amides is 2. The Morgan fingerprint density at radius 1 is 1.14 bits per heavy atom. The zero-order chi connectivity index (χ0) is 20.3. The first-order chi connectivity index (χ1) is 14.0. The first kappa shape index (κ1) is 19.5. The van der Waals surface area contributed by atoms with Gasteiger partial charge in [-0.1, -0.05) is 0 Å². The summed E-state index contributed by atoms with van der Waals surface area (Å²) in [7, 11) is 0. The van der Waals surface area contributed by atoms with E-state index in [1.54, 1.807) is 24.8 Å². The van der Waals surface area contributed by atoms with E-state index < -0.39 is 0 Å². The molecule has 7 heteroatoms. The van der Waals surface area contributed by atoms with Crippen LogP contribution in [0.25, 0.3) is 0 Å². The summed E-state index contributed by atoms with van der Waals surface area (Å²) in [6, 6.07) is 3.78. The molecule has 1 spiro atoms. The van der Waals surface area contributed by atoms with Crippen LogP contribution in [0.5, 0.6) is 0 Å². The summed E-state index contributed by atoms with van der Waals surface area (Å²) < 4.78 is 0. The van der Waals surface area contributed by atoms with E-state index in [1.165, 1.54) is 0 Å². The molecule has 2 fully saturated rings.